The second kappa shape index (κ2) is 5.30. The first-order valence-corrected chi connectivity index (χ1v) is 5.99. The highest BCUT2D eigenvalue weighted by Gasteiger charge is 2.08. The first-order valence-electron chi connectivity index (χ1n) is 5.20. The van der Waals surface area contributed by atoms with Crippen LogP contribution in [0.3, 0.4) is 0 Å². The monoisotopic (exact) mass is 311 g/mol. The third kappa shape index (κ3) is 2.76. The van der Waals surface area contributed by atoms with E-state index in [2.05, 4.69) is 31.2 Å². The van der Waals surface area contributed by atoms with Gasteiger partial charge in [0.1, 0.15) is 5.82 Å². The van der Waals surface area contributed by atoms with Crippen LogP contribution in [0.1, 0.15) is 5.56 Å². The lowest BCUT2D eigenvalue weighted by atomic mass is 10.2. The van der Waals surface area contributed by atoms with E-state index >= 15 is 0 Å². The van der Waals surface area contributed by atoms with Gasteiger partial charge in [-0.25, -0.2) is 9.37 Å². The van der Waals surface area contributed by atoms with Gasteiger partial charge in [-0.1, -0.05) is 6.07 Å². The van der Waals surface area contributed by atoms with Crippen LogP contribution in [0.25, 0.3) is 0 Å². The van der Waals surface area contributed by atoms with Crippen LogP contribution in [-0.2, 0) is 0 Å². The van der Waals surface area contributed by atoms with Crippen molar-refractivity contribution in [2.75, 3.05) is 12.4 Å². The molecule has 1 N–H and O–H groups in total. The lowest BCUT2D eigenvalue weighted by molar-refractivity contribution is 0.394. The highest BCUT2D eigenvalue weighted by Crippen LogP contribution is 2.24. The second-order valence-corrected chi connectivity index (χ2v) is 4.51. The van der Waals surface area contributed by atoms with Crippen molar-refractivity contribution >= 4 is 27.6 Å². The number of anilines is 2. The smallest absolute Gasteiger partial charge is 0.232 e. The Kier molecular flexibility index (Phi) is 3.76. The zero-order valence-corrected chi connectivity index (χ0v) is 11.5. The average molecular weight is 312 g/mol. The van der Waals surface area contributed by atoms with Gasteiger partial charge in [-0.15, -0.1) is 0 Å². The number of hydrogen-bond acceptors (Lipinski definition) is 4. The van der Waals surface area contributed by atoms with Crippen molar-refractivity contribution < 1.29 is 9.13 Å². The summed E-state index contributed by atoms with van der Waals surface area (Å²) in [6.45, 7) is 1.88. The van der Waals surface area contributed by atoms with Gasteiger partial charge >= 0.3 is 0 Å². The predicted octanol–water partition coefficient (Wildman–Crippen LogP) is 3.44. The molecule has 2 rings (SSSR count). The molecule has 1 heterocycles. The lowest BCUT2D eigenvalue weighted by Crippen LogP contribution is -2.01. The second-order valence-electron chi connectivity index (χ2n) is 3.66. The van der Waals surface area contributed by atoms with Crippen LogP contribution in [0.5, 0.6) is 5.88 Å². The van der Waals surface area contributed by atoms with Crippen molar-refractivity contribution in [2.24, 2.45) is 0 Å². The van der Waals surface area contributed by atoms with Crippen molar-refractivity contribution in [1.29, 1.82) is 0 Å². The third-order valence-corrected chi connectivity index (χ3v) is 2.82. The topological polar surface area (TPSA) is 47.0 Å². The molecule has 0 bridgehead atoms. The first-order chi connectivity index (χ1) is 8.60. The molecule has 0 unspecified atom stereocenters. The van der Waals surface area contributed by atoms with Gasteiger partial charge in [0.15, 0.2) is 0 Å². The number of rotatable bonds is 3. The Morgan fingerprint density at radius 2 is 2.17 bits per heavy atom. The molecule has 6 heteroatoms. The summed E-state index contributed by atoms with van der Waals surface area (Å²) in [7, 11) is 1.50. The summed E-state index contributed by atoms with van der Waals surface area (Å²) in [5.74, 6) is 0.311. The van der Waals surface area contributed by atoms with Crippen LogP contribution >= 0.6 is 15.9 Å². The van der Waals surface area contributed by atoms with Crippen LogP contribution in [0, 0.1) is 12.7 Å². The summed E-state index contributed by atoms with van der Waals surface area (Å²) in [6.07, 6.45) is 1.54. The van der Waals surface area contributed by atoms with Gasteiger partial charge < -0.3 is 10.1 Å². The van der Waals surface area contributed by atoms with Crippen molar-refractivity contribution in [2.45, 2.75) is 6.92 Å². The Labute approximate surface area is 112 Å². The molecule has 0 fully saturated rings. The van der Waals surface area contributed by atoms with Crippen LogP contribution in [0.4, 0.5) is 16.0 Å². The Morgan fingerprint density at radius 1 is 1.39 bits per heavy atom. The molecule has 0 aliphatic carbocycles. The maximum Gasteiger partial charge on any atom is 0.232 e. The van der Waals surface area contributed by atoms with Gasteiger partial charge in [-0.3, -0.25) is 0 Å². The number of methoxy groups -OCH3 is 1. The maximum atomic E-state index is 13.6. The van der Waals surface area contributed by atoms with Gasteiger partial charge in [0.05, 0.1) is 23.5 Å². The first kappa shape index (κ1) is 12.8. The molecule has 0 radical (unpaired) electrons. The van der Waals surface area contributed by atoms with E-state index in [4.69, 9.17) is 4.74 Å². The quantitative estimate of drug-likeness (QED) is 0.943. The molecular weight excluding hydrogens is 301 g/mol. The van der Waals surface area contributed by atoms with Crippen LogP contribution < -0.4 is 10.1 Å². The molecule has 2 aromatic rings. The number of benzene rings is 1. The number of halogens is 2. The van der Waals surface area contributed by atoms with Gasteiger partial charge in [-0.2, -0.15) is 4.98 Å². The minimum Gasteiger partial charge on any atom is -0.480 e. The number of aryl methyl sites for hydroxylation is 1. The number of hydrogen-bond donors (Lipinski definition) is 1. The minimum absolute atomic E-state index is 0.277. The molecule has 94 valence electrons. The SMILES string of the molecule is COc1nc(Nc2cc(C)ccc2F)ncc1Br. The summed E-state index contributed by atoms with van der Waals surface area (Å²) in [5, 5.41) is 2.82. The standard InChI is InChI=1S/C12H11BrFN3O/c1-7-3-4-9(14)10(5-7)16-12-15-6-8(13)11(17-12)18-2/h3-6H,1-2H3,(H,15,16,17). The van der Waals surface area contributed by atoms with Crippen molar-refractivity contribution in [3.8, 4) is 5.88 Å². The molecule has 0 atom stereocenters. The summed E-state index contributed by atoms with van der Waals surface area (Å²) in [5.41, 5.74) is 1.28. The van der Waals surface area contributed by atoms with Crippen LogP contribution in [0.15, 0.2) is 28.9 Å². The summed E-state index contributed by atoms with van der Waals surface area (Å²) in [6, 6.07) is 4.78. The fraction of sp³-hybridized carbons (Fsp3) is 0.167. The van der Waals surface area contributed by atoms with E-state index in [0.29, 0.717) is 16.0 Å². The number of aromatic nitrogens is 2. The molecule has 0 aliphatic rings. The average Bonchev–Trinajstić information content (AvgIpc) is 2.36. The van der Waals surface area contributed by atoms with E-state index in [0.717, 1.165) is 5.56 Å². The molecule has 0 saturated carbocycles. The Morgan fingerprint density at radius 3 is 2.89 bits per heavy atom. The molecule has 0 saturated heterocycles. The van der Waals surface area contributed by atoms with E-state index in [1.807, 2.05) is 6.92 Å². The zero-order chi connectivity index (χ0) is 13.1. The van der Waals surface area contributed by atoms with Crippen molar-refractivity contribution in [1.82, 2.24) is 9.97 Å². The summed E-state index contributed by atoms with van der Waals surface area (Å²) < 4.78 is 19.2. The van der Waals surface area contributed by atoms with Crippen molar-refractivity contribution in [3.63, 3.8) is 0 Å². The number of nitrogens with zero attached hydrogens (tertiary/aromatic N) is 2. The molecular formula is C12H11BrFN3O. The Balaban J connectivity index is 2.31. The maximum absolute atomic E-state index is 13.6. The Hall–Kier alpha value is -1.69. The van der Waals surface area contributed by atoms with E-state index in [-0.39, 0.29) is 11.8 Å². The van der Waals surface area contributed by atoms with Gasteiger partial charge in [0, 0.05) is 0 Å². The van der Waals surface area contributed by atoms with Crippen molar-refractivity contribution in [3.05, 3.63) is 40.2 Å². The van der Waals surface area contributed by atoms with E-state index in [9.17, 15) is 4.39 Å². The molecule has 1 aromatic carbocycles. The number of ether oxygens (including phenoxy) is 1. The fourth-order valence-electron chi connectivity index (χ4n) is 1.41. The summed E-state index contributed by atoms with van der Waals surface area (Å²) in [4.78, 5) is 8.14. The zero-order valence-electron chi connectivity index (χ0n) is 9.87. The predicted molar refractivity (Wildman–Crippen MR) is 70.7 cm³/mol. The molecule has 0 amide bonds. The fourth-order valence-corrected chi connectivity index (χ4v) is 1.76. The van der Waals surface area contributed by atoms with Gasteiger partial charge in [-0.05, 0) is 40.5 Å². The van der Waals surface area contributed by atoms with Gasteiger partial charge in [0.2, 0.25) is 11.8 Å². The van der Waals surface area contributed by atoms with Crippen LogP contribution in [0.2, 0.25) is 0 Å². The van der Waals surface area contributed by atoms with Gasteiger partial charge in [0.25, 0.3) is 0 Å². The highest BCUT2D eigenvalue weighted by atomic mass is 79.9. The molecule has 0 spiro atoms. The molecule has 4 nitrogen and oxygen atoms in total. The minimum atomic E-state index is -0.355. The number of nitrogens with one attached hydrogen (secondary N) is 1. The molecule has 0 aliphatic heterocycles. The third-order valence-electron chi connectivity index (χ3n) is 2.27. The molecule has 1 aromatic heterocycles. The van der Waals surface area contributed by atoms with E-state index < -0.39 is 0 Å². The lowest BCUT2D eigenvalue weighted by Gasteiger charge is -2.08. The van der Waals surface area contributed by atoms with E-state index in [1.54, 1.807) is 18.3 Å². The van der Waals surface area contributed by atoms with E-state index in [1.165, 1.54) is 13.2 Å². The highest BCUT2D eigenvalue weighted by molar-refractivity contribution is 9.10. The molecule has 18 heavy (non-hydrogen) atoms. The van der Waals surface area contributed by atoms with Crippen LogP contribution in [-0.4, -0.2) is 17.1 Å². The largest absolute Gasteiger partial charge is 0.480 e. The normalized spacial score (nSPS) is 10.2. The summed E-state index contributed by atoms with van der Waals surface area (Å²) >= 11 is 3.25. The Bertz CT molecular complexity index is 577.